The molecule has 0 aromatic carbocycles. The molecule has 4 aliphatic rings. The van der Waals surface area contributed by atoms with Gasteiger partial charge in [-0.15, -0.1) is 11.1 Å². The van der Waals surface area contributed by atoms with E-state index in [0.717, 1.165) is 12.8 Å². The minimum absolute atomic E-state index is 0. The minimum Gasteiger partial charge on any atom is -1.00 e. The van der Waals surface area contributed by atoms with Crippen LogP contribution in [0.5, 0.6) is 0 Å². The minimum atomic E-state index is -1.90. The van der Waals surface area contributed by atoms with Gasteiger partial charge in [-0.1, -0.05) is 106 Å². The maximum atomic E-state index is 7.10. The summed E-state index contributed by atoms with van der Waals surface area (Å²) in [6.07, 6.45) is 25.2. The van der Waals surface area contributed by atoms with Crippen molar-refractivity contribution in [3.05, 3.63) is 45.6 Å². The average Bonchev–Trinajstić information content (AvgIpc) is 3.40. The molecule has 0 radical (unpaired) electrons. The third-order valence-corrected chi connectivity index (χ3v) is 20.1. The van der Waals surface area contributed by atoms with E-state index in [1.807, 2.05) is 0 Å². The molecule has 0 amide bonds. The van der Waals surface area contributed by atoms with Crippen LogP contribution in [0.25, 0.3) is 0 Å². The van der Waals surface area contributed by atoms with E-state index in [2.05, 4.69) is 79.9 Å². The molecule has 0 saturated carbocycles. The zero-order valence-electron chi connectivity index (χ0n) is 29.1. The number of halogens is 2. The van der Waals surface area contributed by atoms with E-state index in [-0.39, 0.29) is 72.9 Å². The predicted molar refractivity (Wildman–Crippen MR) is 176 cm³/mol. The molecule has 0 aromatic heterocycles. The van der Waals surface area contributed by atoms with Gasteiger partial charge in [-0.05, 0) is 74.2 Å². The van der Waals surface area contributed by atoms with Gasteiger partial charge in [-0.3, -0.25) is 0 Å². The van der Waals surface area contributed by atoms with Gasteiger partial charge in [-0.2, -0.15) is 11.1 Å². The van der Waals surface area contributed by atoms with Gasteiger partial charge >= 0.3 is 25.8 Å². The van der Waals surface area contributed by atoms with Crippen molar-refractivity contribution in [2.24, 2.45) is 0 Å². The van der Waals surface area contributed by atoms with Crippen LogP contribution < -0.4 is 24.8 Å². The Morgan fingerprint density at radius 1 is 0.628 bits per heavy atom. The van der Waals surface area contributed by atoms with Gasteiger partial charge in [-0.25, -0.2) is 23.3 Å². The first kappa shape index (κ1) is 41.8. The van der Waals surface area contributed by atoms with Crippen LogP contribution in [-0.2, 0) is 34.7 Å². The van der Waals surface area contributed by atoms with Crippen molar-refractivity contribution in [2.75, 3.05) is 0 Å². The molecule has 7 heteroatoms. The maximum Gasteiger partial charge on any atom is 4.00 e. The molecule has 0 aliphatic heterocycles. The largest absolute Gasteiger partial charge is 4.00 e. The summed E-state index contributed by atoms with van der Waals surface area (Å²) in [6.45, 7) is 24.1. The van der Waals surface area contributed by atoms with Gasteiger partial charge in [0.2, 0.25) is 0 Å². The normalized spacial score (nSPS) is 22.7. The zero-order chi connectivity index (χ0) is 29.3. The van der Waals surface area contributed by atoms with E-state index >= 15 is 0 Å². The van der Waals surface area contributed by atoms with Crippen LogP contribution in [0, 0.1) is 12.2 Å². The molecule has 0 bridgehead atoms. The Labute approximate surface area is 299 Å². The van der Waals surface area contributed by atoms with Gasteiger partial charge < -0.3 is 33.7 Å². The third kappa shape index (κ3) is 9.23. The molecule has 0 aromatic rings. The molecule has 4 rings (SSSR count). The molecule has 0 heterocycles. The molecule has 0 fully saturated rings. The van der Waals surface area contributed by atoms with Gasteiger partial charge in [0.05, 0.1) is 0 Å². The molecule has 2 atom stereocenters. The summed E-state index contributed by atoms with van der Waals surface area (Å²) in [4.78, 5) is 0. The molecule has 0 unspecified atom stereocenters. The van der Waals surface area contributed by atoms with Crippen molar-refractivity contribution in [3.63, 3.8) is 0 Å². The van der Waals surface area contributed by atoms with Crippen molar-refractivity contribution < 1.29 is 59.5 Å². The van der Waals surface area contributed by atoms with Crippen molar-refractivity contribution in [3.8, 4) is 0 Å². The predicted octanol–water partition coefficient (Wildman–Crippen LogP) is 5.34. The molecule has 43 heavy (non-hydrogen) atoms. The van der Waals surface area contributed by atoms with Gasteiger partial charge in [0.15, 0.2) is 16.6 Å². The van der Waals surface area contributed by atoms with Crippen LogP contribution in [0.2, 0.25) is 36.3 Å². The van der Waals surface area contributed by atoms with Crippen LogP contribution in [0.15, 0.2) is 33.4 Å². The van der Waals surface area contributed by atoms with Crippen LogP contribution in [0.3, 0.4) is 0 Å². The van der Waals surface area contributed by atoms with Crippen molar-refractivity contribution in [2.45, 2.75) is 180 Å². The molecular formula is C36H60Cl2HfO2Si2. The number of rotatable bonds is 13. The smallest absolute Gasteiger partial charge is 1.00 e. The Morgan fingerprint density at radius 3 is 1.28 bits per heavy atom. The van der Waals surface area contributed by atoms with Crippen LogP contribution in [-0.4, -0.2) is 28.8 Å². The monoisotopic (exact) mass is 830 g/mol. The van der Waals surface area contributed by atoms with E-state index in [1.165, 1.54) is 88.2 Å². The van der Waals surface area contributed by atoms with Gasteiger partial charge in [0, 0.05) is 0 Å². The van der Waals surface area contributed by atoms with Crippen LogP contribution in [0.4, 0.5) is 0 Å². The standard InChI is InChI=1S/C36H60O2Si2.2ClH.Hf/c1-11-23-35(3,4)39(7,8)37-33-25-27(29-17-13-15-19-31(29)33)21-22-28-26-34(32-20-16-14-18-30(28)32)38-40(9,10)36(5,6)24-12-2;;;/h33-34H,11-24H2,1-10H3;2*1H;/q-2;;;+4/p-2/t33-,34+;;;. The van der Waals surface area contributed by atoms with Crippen molar-refractivity contribution in [1.82, 2.24) is 0 Å². The summed E-state index contributed by atoms with van der Waals surface area (Å²) in [5.41, 5.74) is 9.29. The fraction of sp³-hybridized carbons (Fsp3) is 0.778. The molecule has 4 aliphatic carbocycles. The van der Waals surface area contributed by atoms with E-state index in [4.69, 9.17) is 8.85 Å². The van der Waals surface area contributed by atoms with Crippen LogP contribution in [0.1, 0.15) is 131 Å². The molecule has 0 N–H and O–H groups in total. The summed E-state index contributed by atoms with van der Waals surface area (Å²) >= 11 is 0. The van der Waals surface area contributed by atoms with E-state index < -0.39 is 16.6 Å². The summed E-state index contributed by atoms with van der Waals surface area (Å²) < 4.78 is 14.2. The SMILES string of the molecule is CCCC(C)(C)[Si](C)(C)O[C@H]1[C-]=C(CCC2=[C-][C@@H](O[Si](C)(C)C(C)(C)CCC)C3=C2CCCC3)C2=C1CCCC2.[Cl-].[Cl-].[Hf+4]. The number of hydrogen-bond donors (Lipinski definition) is 0. The second-order valence-electron chi connectivity index (χ2n) is 15.5. The van der Waals surface area contributed by atoms with E-state index in [9.17, 15) is 0 Å². The fourth-order valence-electron chi connectivity index (χ4n) is 7.45. The third-order valence-electron chi connectivity index (χ3n) is 11.5. The first-order valence-electron chi connectivity index (χ1n) is 16.8. The Balaban J connectivity index is 0.00000308. The van der Waals surface area contributed by atoms with Gasteiger partial charge in [0.1, 0.15) is 0 Å². The van der Waals surface area contributed by atoms with Gasteiger partial charge in [0.25, 0.3) is 0 Å². The quantitative estimate of drug-likeness (QED) is 0.185. The summed E-state index contributed by atoms with van der Waals surface area (Å²) in [5.74, 6) is 0. The second kappa shape index (κ2) is 16.7. The fourth-order valence-corrected chi connectivity index (χ4v) is 11.4. The molecule has 0 spiro atoms. The first-order chi connectivity index (χ1) is 18.7. The molecule has 2 nitrogen and oxygen atoms in total. The summed E-state index contributed by atoms with van der Waals surface area (Å²) in [7, 11) is -3.79. The zero-order valence-corrected chi connectivity index (χ0v) is 36.2. The summed E-state index contributed by atoms with van der Waals surface area (Å²) in [5, 5.41) is 0.541. The van der Waals surface area contributed by atoms with E-state index in [0.29, 0.717) is 0 Å². The maximum absolute atomic E-state index is 7.10. The first-order valence-corrected chi connectivity index (χ1v) is 22.6. The number of allylic oxidation sites excluding steroid dienone is 4. The number of hydrogen-bond acceptors (Lipinski definition) is 2. The Bertz CT molecular complexity index is 987. The van der Waals surface area contributed by atoms with Crippen molar-refractivity contribution in [1.29, 1.82) is 0 Å². The topological polar surface area (TPSA) is 18.5 Å². The average molecular weight is 830 g/mol. The molecule has 0 saturated heterocycles. The Kier molecular flexibility index (Phi) is 16.3. The second-order valence-corrected chi connectivity index (χ2v) is 24.7. The molecular weight excluding hydrogens is 770 g/mol. The Morgan fingerprint density at radius 2 is 0.953 bits per heavy atom. The Hall–Kier alpha value is 0.764. The summed E-state index contributed by atoms with van der Waals surface area (Å²) in [6, 6.07) is 0. The van der Waals surface area contributed by atoms with Crippen LogP contribution >= 0.6 is 0 Å². The van der Waals surface area contributed by atoms with E-state index in [1.54, 1.807) is 22.3 Å². The van der Waals surface area contributed by atoms with Crippen molar-refractivity contribution >= 4 is 16.6 Å². The molecule has 242 valence electrons.